The number of rotatable bonds is 6. The van der Waals surface area contributed by atoms with Crippen LogP contribution in [-0.2, 0) is 9.59 Å². The number of nitrogens with zero attached hydrogens (tertiary/aromatic N) is 1. The van der Waals surface area contributed by atoms with E-state index in [1.54, 1.807) is 48.2 Å². The molecule has 1 aliphatic heterocycles. The molecule has 1 N–H and O–H groups in total. The second-order valence-electron chi connectivity index (χ2n) is 6.34. The molecule has 0 radical (unpaired) electrons. The smallest absolute Gasteiger partial charge is 0.267 e. The van der Waals surface area contributed by atoms with Crippen LogP contribution in [0.5, 0.6) is 11.5 Å². The molecule has 0 bridgehead atoms. The topological polar surface area (TPSA) is 67.9 Å². The summed E-state index contributed by atoms with van der Waals surface area (Å²) in [6, 6.07) is 9.96. The molecular weight excluding hydrogens is 403 g/mol. The summed E-state index contributed by atoms with van der Waals surface area (Å²) in [5.74, 6) is 0.527. The summed E-state index contributed by atoms with van der Waals surface area (Å²) in [7, 11) is 0. The molecule has 3 rings (SSSR count). The Hall–Kier alpha value is -2.44. The zero-order valence-corrected chi connectivity index (χ0v) is 17.0. The molecule has 1 unspecified atom stereocenters. The Kier molecular flexibility index (Phi) is 6.31. The highest BCUT2D eigenvalue weighted by Crippen LogP contribution is 2.36. The van der Waals surface area contributed by atoms with Crippen LogP contribution in [0, 0.1) is 0 Å². The normalized spacial score (nSPS) is 15.6. The summed E-state index contributed by atoms with van der Waals surface area (Å²) < 4.78 is 11.1. The summed E-state index contributed by atoms with van der Waals surface area (Å²) in [5, 5.41) is 3.57. The summed E-state index contributed by atoms with van der Waals surface area (Å²) in [6.07, 6.45) is 0.279. The van der Waals surface area contributed by atoms with Crippen molar-refractivity contribution in [2.24, 2.45) is 0 Å². The first-order valence-corrected chi connectivity index (χ1v) is 9.64. The van der Waals surface area contributed by atoms with Crippen molar-refractivity contribution in [2.45, 2.75) is 26.4 Å². The maximum Gasteiger partial charge on any atom is 0.267 e. The molecule has 0 spiro atoms. The van der Waals surface area contributed by atoms with E-state index in [4.69, 9.17) is 32.7 Å². The number of halogens is 2. The third kappa shape index (κ3) is 4.51. The Morgan fingerprint density at radius 1 is 1.25 bits per heavy atom. The van der Waals surface area contributed by atoms with Gasteiger partial charge in [-0.3, -0.25) is 9.59 Å². The molecule has 6 nitrogen and oxygen atoms in total. The maximum absolute atomic E-state index is 12.4. The van der Waals surface area contributed by atoms with Crippen LogP contribution < -0.4 is 19.7 Å². The largest absolute Gasteiger partial charge is 0.482 e. The number of anilines is 2. The summed E-state index contributed by atoms with van der Waals surface area (Å²) in [6.45, 7) is 4.08. The molecule has 1 atom stereocenters. The van der Waals surface area contributed by atoms with Gasteiger partial charge >= 0.3 is 0 Å². The van der Waals surface area contributed by atoms with Crippen molar-refractivity contribution >= 4 is 46.4 Å². The Labute approximate surface area is 173 Å². The number of hydrogen-bond acceptors (Lipinski definition) is 4. The minimum Gasteiger partial charge on any atom is -0.482 e. The molecule has 1 aliphatic rings. The van der Waals surface area contributed by atoms with E-state index in [0.717, 1.165) is 6.42 Å². The summed E-state index contributed by atoms with van der Waals surface area (Å²) >= 11 is 11.9. The summed E-state index contributed by atoms with van der Waals surface area (Å²) in [5.41, 5.74) is 1.19. The number of hydrogen-bond donors (Lipinski definition) is 1. The van der Waals surface area contributed by atoms with Gasteiger partial charge in [-0.1, -0.05) is 30.1 Å². The number of fused-ring (bicyclic) bond motifs is 1. The predicted octanol–water partition coefficient (Wildman–Crippen LogP) is 4.53. The number of carbonyl (C=O) groups excluding carboxylic acids is 2. The van der Waals surface area contributed by atoms with Crippen LogP contribution in [0.3, 0.4) is 0 Å². The third-order valence-electron chi connectivity index (χ3n) is 4.15. The van der Waals surface area contributed by atoms with E-state index < -0.39 is 6.10 Å². The van der Waals surface area contributed by atoms with E-state index >= 15 is 0 Å². The van der Waals surface area contributed by atoms with Gasteiger partial charge in [0.1, 0.15) is 11.5 Å². The number of carbonyl (C=O) groups is 2. The first kappa shape index (κ1) is 20.3. The highest BCUT2D eigenvalue weighted by Gasteiger charge is 2.31. The van der Waals surface area contributed by atoms with Gasteiger partial charge in [-0.15, -0.1) is 0 Å². The van der Waals surface area contributed by atoms with Crippen LogP contribution in [0.1, 0.15) is 20.3 Å². The third-order valence-corrected chi connectivity index (χ3v) is 4.68. The van der Waals surface area contributed by atoms with E-state index in [1.165, 1.54) is 0 Å². The highest BCUT2D eigenvalue weighted by molar-refractivity contribution is 6.35. The van der Waals surface area contributed by atoms with Crippen LogP contribution in [0.4, 0.5) is 11.4 Å². The quantitative estimate of drug-likeness (QED) is 0.741. The van der Waals surface area contributed by atoms with E-state index in [-0.39, 0.29) is 18.4 Å². The fourth-order valence-electron chi connectivity index (χ4n) is 2.87. The lowest BCUT2D eigenvalue weighted by Gasteiger charge is -2.33. The molecular formula is C20H20Cl2N2O4. The minimum atomic E-state index is -0.531. The Morgan fingerprint density at radius 3 is 2.75 bits per heavy atom. The molecule has 0 aliphatic carbocycles. The number of nitrogens with one attached hydrogen (secondary N) is 1. The van der Waals surface area contributed by atoms with Crippen LogP contribution in [0.2, 0.25) is 10.0 Å². The highest BCUT2D eigenvalue weighted by atomic mass is 35.5. The molecule has 0 saturated carbocycles. The van der Waals surface area contributed by atoms with Crippen molar-refractivity contribution in [1.29, 1.82) is 0 Å². The van der Waals surface area contributed by atoms with Crippen molar-refractivity contribution in [1.82, 2.24) is 0 Å². The average Bonchev–Trinajstić information content (AvgIpc) is 2.65. The van der Waals surface area contributed by atoms with Gasteiger partial charge in [0.2, 0.25) is 0 Å². The molecule has 148 valence electrons. The van der Waals surface area contributed by atoms with Crippen molar-refractivity contribution in [3.05, 3.63) is 46.4 Å². The van der Waals surface area contributed by atoms with Gasteiger partial charge in [0, 0.05) is 17.3 Å². The lowest BCUT2D eigenvalue weighted by atomic mass is 10.1. The minimum absolute atomic E-state index is 0.0986. The molecule has 1 heterocycles. The molecule has 0 aromatic heterocycles. The number of ether oxygens (including phenoxy) is 2. The molecule has 0 saturated heterocycles. The van der Waals surface area contributed by atoms with Crippen molar-refractivity contribution in [3.8, 4) is 11.5 Å². The van der Waals surface area contributed by atoms with Crippen LogP contribution in [-0.4, -0.2) is 31.1 Å². The lowest BCUT2D eigenvalue weighted by Crippen LogP contribution is -2.44. The zero-order valence-electron chi connectivity index (χ0n) is 15.5. The fraction of sp³-hybridized carbons (Fsp3) is 0.300. The molecule has 28 heavy (non-hydrogen) atoms. The first-order chi connectivity index (χ1) is 13.4. The van der Waals surface area contributed by atoms with E-state index in [0.29, 0.717) is 39.5 Å². The van der Waals surface area contributed by atoms with Gasteiger partial charge in [0.25, 0.3) is 11.8 Å². The van der Waals surface area contributed by atoms with Crippen LogP contribution >= 0.6 is 23.2 Å². The molecule has 2 amide bonds. The van der Waals surface area contributed by atoms with E-state index in [9.17, 15) is 9.59 Å². The molecule has 0 fully saturated rings. The first-order valence-electron chi connectivity index (χ1n) is 8.89. The van der Waals surface area contributed by atoms with Gasteiger partial charge in [0.05, 0.1) is 10.7 Å². The van der Waals surface area contributed by atoms with Crippen molar-refractivity contribution in [3.63, 3.8) is 0 Å². The molecule has 2 aromatic carbocycles. The molecule has 8 heteroatoms. The monoisotopic (exact) mass is 422 g/mol. The number of amides is 2. The van der Waals surface area contributed by atoms with Crippen molar-refractivity contribution in [2.75, 3.05) is 23.4 Å². The van der Waals surface area contributed by atoms with Crippen LogP contribution in [0.25, 0.3) is 0 Å². The van der Waals surface area contributed by atoms with Crippen LogP contribution in [0.15, 0.2) is 36.4 Å². The predicted molar refractivity (Wildman–Crippen MR) is 110 cm³/mol. The van der Waals surface area contributed by atoms with Gasteiger partial charge < -0.3 is 19.7 Å². The van der Waals surface area contributed by atoms with Crippen molar-refractivity contribution < 1.29 is 19.1 Å². The van der Waals surface area contributed by atoms with E-state index in [1.807, 2.05) is 6.92 Å². The Bertz CT molecular complexity index is 904. The second-order valence-corrected chi connectivity index (χ2v) is 7.19. The van der Waals surface area contributed by atoms with E-state index in [2.05, 4.69) is 5.32 Å². The summed E-state index contributed by atoms with van der Waals surface area (Å²) in [4.78, 5) is 26.3. The second kappa shape index (κ2) is 8.71. The van der Waals surface area contributed by atoms with Gasteiger partial charge in [-0.2, -0.15) is 0 Å². The lowest BCUT2D eigenvalue weighted by molar-refractivity contribution is -0.125. The Morgan fingerprint density at radius 2 is 2.04 bits per heavy atom. The number of benzene rings is 2. The van der Waals surface area contributed by atoms with Gasteiger partial charge in [-0.05, 0) is 49.7 Å². The average molecular weight is 423 g/mol. The van der Waals surface area contributed by atoms with Gasteiger partial charge in [0.15, 0.2) is 12.7 Å². The van der Waals surface area contributed by atoms with Gasteiger partial charge in [-0.25, -0.2) is 0 Å². The Balaban J connectivity index is 1.69. The SMILES string of the molecule is CCCN1C(=O)C(C)Oc2ccc(NC(=O)COc3ccc(Cl)cc3Cl)cc21. The maximum atomic E-state index is 12.4. The zero-order chi connectivity index (χ0) is 20.3. The standard InChI is InChI=1S/C20H20Cl2N2O4/c1-3-8-24-16-10-14(5-7-18(16)28-12(2)20(24)26)23-19(25)11-27-17-6-4-13(21)9-15(17)22/h4-7,9-10,12H,3,8,11H2,1-2H3,(H,23,25). The molecule has 2 aromatic rings. The fourth-order valence-corrected chi connectivity index (χ4v) is 3.33.